The standard InChI is InChI=1S/C13H15BrFNO3/c1-13(2,3)10(12(18)19)16-11(17)7-5-4-6-8(14)9(7)15/h4-6,10H,1-3H3,(H,16,17)(H,18,19)/t10-/m0/s1. The van der Waals surface area contributed by atoms with E-state index in [1.807, 2.05) is 0 Å². The summed E-state index contributed by atoms with van der Waals surface area (Å²) >= 11 is 2.98. The molecule has 0 aliphatic carbocycles. The lowest BCUT2D eigenvalue weighted by Crippen LogP contribution is -2.49. The molecule has 19 heavy (non-hydrogen) atoms. The molecule has 104 valence electrons. The van der Waals surface area contributed by atoms with Gasteiger partial charge in [-0.25, -0.2) is 9.18 Å². The van der Waals surface area contributed by atoms with Crippen molar-refractivity contribution in [3.63, 3.8) is 0 Å². The first kappa shape index (κ1) is 15.6. The molecule has 4 nitrogen and oxygen atoms in total. The van der Waals surface area contributed by atoms with Gasteiger partial charge in [0.2, 0.25) is 0 Å². The van der Waals surface area contributed by atoms with Crippen LogP contribution < -0.4 is 5.32 Å². The van der Waals surface area contributed by atoms with Gasteiger partial charge in [0, 0.05) is 0 Å². The van der Waals surface area contributed by atoms with Crippen LogP contribution >= 0.6 is 15.9 Å². The van der Waals surface area contributed by atoms with Crippen molar-refractivity contribution in [1.29, 1.82) is 0 Å². The third-order valence-corrected chi connectivity index (χ3v) is 3.20. The summed E-state index contributed by atoms with van der Waals surface area (Å²) in [5.41, 5.74) is -0.867. The number of benzene rings is 1. The average molecular weight is 332 g/mol. The first-order valence-electron chi connectivity index (χ1n) is 5.62. The summed E-state index contributed by atoms with van der Waals surface area (Å²) in [6.07, 6.45) is 0. The second-order valence-electron chi connectivity index (χ2n) is 5.21. The molecule has 0 spiro atoms. The lowest BCUT2D eigenvalue weighted by molar-refractivity contribution is -0.142. The van der Waals surface area contributed by atoms with E-state index in [9.17, 15) is 14.0 Å². The number of carboxylic acids is 1. The van der Waals surface area contributed by atoms with E-state index in [-0.39, 0.29) is 10.0 Å². The molecule has 1 atom stereocenters. The fourth-order valence-electron chi connectivity index (χ4n) is 1.54. The third-order valence-electron chi connectivity index (χ3n) is 2.58. The molecule has 0 bridgehead atoms. The number of halogens is 2. The van der Waals surface area contributed by atoms with Crippen LogP contribution in [-0.4, -0.2) is 23.0 Å². The molecule has 1 aromatic carbocycles. The minimum absolute atomic E-state index is 0.155. The van der Waals surface area contributed by atoms with Gasteiger partial charge >= 0.3 is 5.97 Å². The molecule has 1 amide bonds. The number of rotatable bonds is 3. The van der Waals surface area contributed by atoms with Gasteiger partial charge in [-0.3, -0.25) is 4.79 Å². The fraction of sp³-hybridized carbons (Fsp3) is 0.385. The van der Waals surface area contributed by atoms with Crippen LogP contribution in [0.2, 0.25) is 0 Å². The van der Waals surface area contributed by atoms with E-state index in [0.29, 0.717) is 0 Å². The van der Waals surface area contributed by atoms with E-state index in [1.165, 1.54) is 18.2 Å². The number of hydrogen-bond acceptors (Lipinski definition) is 2. The van der Waals surface area contributed by atoms with Crippen LogP contribution in [0.1, 0.15) is 31.1 Å². The monoisotopic (exact) mass is 331 g/mol. The Bertz CT molecular complexity index is 511. The lowest BCUT2D eigenvalue weighted by Gasteiger charge is -2.27. The molecule has 2 N–H and O–H groups in total. The summed E-state index contributed by atoms with van der Waals surface area (Å²) in [5, 5.41) is 11.5. The Morgan fingerprint density at radius 3 is 2.42 bits per heavy atom. The molecule has 1 aromatic rings. The number of amides is 1. The second kappa shape index (κ2) is 5.69. The van der Waals surface area contributed by atoms with Gasteiger partial charge in [-0.15, -0.1) is 0 Å². The predicted octanol–water partition coefficient (Wildman–Crippen LogP) is 2.82. The van der Waals surface area contributed by atoms with E-state index < -0.39 is 29.2 Å². The highest BCUT2D eigenvalue weighted by Gasteiger charge is 2.33. The number of nitrogens with one attached hydrogen (secondary N) is 1. The van der Waals surface area contributed by atoms with Gasteiger partial charge in [0.15, 0.2) is 0 Å². The largest absolute Gasteiger partial charge is 0.480 e. The quantitative estimate of drug-likeness (QED) is 0.894. The summed E-state index contributed by atoms with van der Waals surface area (Å²) in [5.74, 6) is -2.62. The van der Waals surface area contributed by atoms with Crippen LogP contribution in [0.25, 0.3) is 0 Å². The zero-order valence-corrected chi connectivity index (χ0v) is 12.4. The number of carbonyl (C=O) groups is 2. The second-order valence-corrected chi connectivity index (χ2v) is 6.07. The Kier molecular flexibility index (Phi) is 4.68. The van der Waals surface area contributed by atoms with Gasteiger partial charge in [-0.1, -0.05) is 26.8 Å². The Morgan fingerprint density at radius 2 is 1.95 bits per heavy atom. The zero-order valence-electron chi connectivity index (χ0n) is 10.8. The first-order valence-corrected chi connectivity index (χ1v) is 6.41. The van der Waals surface area contributed by atoms with E-state index in [1.54, 1.807) is 20.8 Å². The van der Waals surface area contributed by atoms with E-state index in [0.717, 1.165) is 0 Å². The fourth-order valence-corrected chi connectivity index (χ4v) is 1.90. The first-order chi connectivity index (χ1) is 8.64. The molecule has 6 heteroatoms. The minimum Gasteiger partial charge on any atom is -0.480 e. The zero-order chi connectivity index (χ0) is 14.8. The summed E-state index contributed by atoms with van der Waals surface area (Å²) in [7, 11) is 0. The van der Waals surface area contributed by atoms with E-state index in [4.69, 9.17) is 5.11 Å². The molecule has 0 heterocycles. The minimum atomic E-state index is -1.16. The van der Waals surface area contributed by atoms with E-state index >= 15 is 0 Å². The van der Waals surface area contributed by atoms with E-state index in [2.05, 4.69) is 21.2 Å². The predicted molar refractivity (Wildman–Crippen MR) is 72.4 cm³/mol. The summed E-state index contributed by atoms with van der Waals surface area (Å²) < 4.78 is 13.9. The maximum atomic E-state index is 13.7. The Labute approximate surface area is 119 Å². The van der Waals surface area contributed by atoms with Crippen molar-refractivity contribution in [3.05, 3.63) is 34.1 Å². The Morgan fingerprint density at radius 1 is 1.37 bits per heavy atom. The van der Waals surface area contributed by atoms with Crippen molar-refractivity contribution in [1.82, 2.24) is 5.32 Å². The molecule has 0 unspecified atom stereocenters. The van der Waals surface area contributed by atoms with Crippen LogP contribution in [0.4, 0.5) is 4.39 Å². The molecule has 1 rings (SSSR count). The van der Waals surface area contributed by atoms with Crippen molar-refractivity contribution >= 4 is 27.8 Å². The summed E-state index contributed by atoms with van der Waals surface area (Å²) in [4.78, 5) is 23.1. The molecule has 0 aliphatic heterocycles. The molecule has 0 radical (unpaired) electrons. The highest BCUT2D eigenvalue weighted by atomic mass is 79.9. The molecule has 0 aliphatic rings. The van der Waals surface area contributed by atoms with Crippen LogP contribution in [-0.2, 0) is 4.79 Å². The van der Waals surface area contributed by atoms with Crippen molar-refractivity contribution in [2.45, 2.75) is 26.8 Å². The normalized spacial score (nSPS) is 12.9. The van der Waals surface area contributed by atoms with Crippen LogP contribution in [0, 0.1) is 11.2 Å². The van der Waals surface area contributed by atoms with Gasteiger partial charge in [-0.2, -0.15) is 0 Å². The van der Waals surface area contributed by atoms with Crippen molar-refractivity contribution in [2.75, 3.05) is 0 Å². The topological polar surface area (TPSA) is 66.4 Å². The van der Waals surface area contributed by atoms with Crippen LogP contribution in [0.15, 0.2) is 22.7 Å². The average Bonchev–Trinajstić information content (AvgIpc) is 2.27. The van der Waals surface area contributed by atoms with Gasteiger partial charge in [0.1, 0.15) is 11.9 Å². The van der Waals surface area contributed by atoms with Crippen molar-refractivity contribution < 1.29 is 19.1 Å². The van der Waals surface area contributed by atoms with Gasteiger partial charge in [-0.05, 0) is 33.5 Å². The van der Waals surface area contributed by atoms with Crippen LogP contribution in [0.5, 0.6) is 0 Å². The summed E-state index contributed by atoms with van der Waals surface area (Å²) in [6, 6.07) is 3.18. The maximum absolute atomic E-state index is 13.7. The van der Waals surface area contributed by atoms with Gasteiger partial charge in [0.05, 0.1) is 10.0 Å². The van der Waals surface area contributed by atoms with Crippen molar-refractivity contribution in [2.24, 2.45) is 5.41 Å². The maximum Gasteiger partial charge on any atom is 0.326 e. The molecular weight excluding hydrogens is 317 g/mol. The van der Waals surface area contributed by atoms with Gasteiger partial charge in [0.25, 0.3) is 5.91 Å². The highest BCUT2D eigenvalue weighted by molar-refractivity contribution is 9.10. The Hall–Kier alpha value is -1.43. The van der Waals surface area contributed by atoms with Gasteiger partial charge < -0.3 is 10.4 Å². The summed E-state index contributed by atoms with van der Waals surface area (Å²) in [6.45, 7) is 5.05. The van der Waals surface area contributed by atoms with Crippen LogP contribution in [0.3, 0.4) is 0 Å². The smallest absolute Gasteiger partial charge is 0.326 e. The molecule has 0 saturated carbocycles. The molecule has 0 saturated heterocycles. The molecule has 0 aromatic heterocycles. The molecule has 0 fully saturated rings. The lowest BCUT2D eigenvalue weighted by atomic mass is 9.86. The number of carbonyl (C=O) groups excluding carboxylic acids is 1. The number of carboxylic acid groups (broad SMARTS) is 1. The Balaban J connectivity index is 3.02. The molecular formula is C13H15BrFNO3. The number of hydrogen-bond donors (Lipinski definition) is 2. The van der Waals surface area contributed by atoms with Crippen molar-refractivity contribution in [3.8, 4) is 0 Å². The third kappa shape index (κ3) is 3.76. The highest BCUT2D eigenvalue weighted by Crippen LogP contribution is 2.22. The number of aliphatic carboxylic acids is 1. The SMILES string of the molecule is CC(C)(C)[C@@H](NC(=O)c1cccc(Br)c1F)C(=O)O.